The summed E-state index contributed by atoms with van der Waals surface area (Å²) in [6.45, 7) is 0. The van der Waals surface area contributed by atoms with E-state index in [2.05, 4.69) is 5.32 Å². The summed E-state index contributed by atoms with van der Waals surface area (Å²) in [5.74, 6) is -1.57. The van der Waals surface area contributed by atoms with Gasteiger partial charge in [0, 0.05) is 18.0 Å². The summed E-state index contributed by atoms with van der Waals surface area (Å²) in [4.78, 5) is 10.4. The Labute approximate surface area is 76.3 Å². The second-order valence-electron chi connectivity index (χ2n) is 4.11. The quantitative estimate of drug-likeness (QED) is 0.676. The van der Waals surface area contributed by atoms with Gasteiger partial charge in [-0.05, 0) is 25.7 Å². The number of carbonyl (C=O) groups is 1. The lowest BCUT2D eigenvalue weighted by Crippen LogP contribution is -2.42. The molecule has 0 aromatic carbocycles. The first-order chi connectivity index (χ1) is 6.16. The van der Waals surface area contributed by atoms with E-state index in [0.717, 1.165) is 12.8 Å². The molecule has 3 nitrogen and oxygen atoms in total. The van der Waals surface area contributed by atoms with Crippen molar-refractivity contribution in [2.24, 2.45) is 5.92 Å². The van der Waals surface area contributed by atoms with Gasteiger partial charge in [-0.25, -0.2) is 9.18 Å². The van der Waals surface area contributed by atoms with E-state index in [1.807, 2.05) is 0 Å². The Balaban J connectivity index is 1.98. The molecule has 2 heterocycles. The molecule has 2 bridgehead atoms. The summed E-state index contributed by atoms with van der Waals surface area (Å²) in [7, 11) is 0. The van der Waals surface area contributed by atoms with Crippen molar-refractivity contribution in [2.75, 3.05) is 0 Å². The first-order valence-corrected chi connectivity index (χ1v) is 4.79. The van der Waals surface area contributed by atoms with Crippen LogP contribution in [-0.4, -0.2) is 29.3 Å². The van der Waals surface area contributed by atoms with Gasteiger partial charge in [0.15, 0.2) is 6.17 Å². The molecule has 4 heteroatoms. The molecule has 0 amide bonds. The smallest absolute Gasteiger partial charge is 0.338 e. The van der Waals surface area contributed by atoms with E-state index >= 15 is 0 Å². The van der Waals surface area contributed by atoms with Crippen LogP contribution < -0.4 is 5.32 Å². The molecule has 2 saturated heterocycles. The van der Waals surface area contributed by atoms with Gasteiger partial charge in [0.25, 0.3) is 0 Å². The van der Waals surface area contributed by atoms with Crippen molar-refractivity contribution in [3.8, 4) is 0 Å². The molecule has 0 aromatic heterocycles. The molecule has 0 saturated carbocycles. The number of rotatable bonds is 2. The van der Waals surface area contributed by atoms with Crippen molar-refractivity contribution in [1.82, 2.24) is 5.32 Å². The lowest BCUT2D eigenvalue weighted by atomic mass is 9.88. The zero-order chi connectivity index (χ0) is 9.42. The third kappa shape index (κ3) is 1.68. The number of carboxylic acid groups (broad SMARTS) is 1. The summed E-state index contributed by atoms with van der Waals surface area (Å²) < 4.78 is 13.2. The maximum atomic E-state index is 13.2. The van der Waals surface area contributed by atoms with Gasteiger partial charge in [0.1, 0.15) is 0 Å². The summed E-state index contributed by atoms with van der Waals surface area (Å²) >= 11 is 0. The van der Waals surface area contributed by atoms with Crippen LogP contribution in [0, 0.1) is 5.92 Å². The van der Waals surface area contributed by atoms with E-state index in [1.165, 1.54) is 0 Å². The van der Waals surface area contributed by atoms with E-state index < -0.39 is 12.1 Å². The van der Waals surface area contributed by atoms with Gasteiger partial charge in [-0.3, -0.25) is 0 Å². The van der Waals surface area contributed by atoms with Crippen molar-refractivity contribution in [3.05, 3.63) is 0 Å². The van der Waals surface area contributed by atoms with Crippen LogP contribution in [0.25, 0.3) is 0 Å². The highest BCUT2D eigenvalue weighted by atomic mass is 19.1. The number of fused-ring (bicyclic) bond motifs is 2. The fourth-order valence-electron chi connectivity index (χ4n) is 2.54. The van der Waals surface area contributed by atoms with Crippen LogP contribution in [0.3, 0.4) is 0 Å². The summed E-state index contributed by atoms with van der Waals surface area (Å²) in [6, 6.07) is 0.725. The fourth-order valence-corrected chi connectivity index (χ4v) is 2.54. The Morgan fingerprint density at radius 2 is 1.92 bits per heavy atom. The monoisotopic (exact) mass is 187 g/mol. The van der Waals surface area contributed by atoms with E-state index in [1.54, 1.807) is 0 Å². The van der Waals surface area contributed by atoms with Gasteiger partial charge in [-0.1, -0.05) is 0 Å². The fraction of sp³-hybridized carbons (Fsp3) is 0.889. The second-order valence-corrected chi connectivity index (χ2v) is 4.11. The molecule has 3 unspecified atom stereocenters. The van der Waals surface area contributed by atoms with Crippen LogP contribution >= 0.6 is 0 Å². The predicted octanol–water partition coefficient (Wildman–Crippen LogP) is 0.940. The maximum absolute atomic E-state index is 13.2. The average Bonchev–Trinajstić information content (AvgIpc) is 2.44. The third-order valence-electron chi connectivity index (χ3n) is 3.16. The Bertz CT molecular complexity index is 210. The second kappa shape index (κ2) is 3.25. The standard InChI is InChI=1S/C9H14FNO2/c10-8(9(12)13)5-3-6-1-2-7(4-5)11-6/h5-8,11H,1-4H2,(H,12,13). The van der Waals surface area contributed by atoms with Gasteiger partial charge in [-0.15, -0.1) is 0 Å². The molecule has 74 valence electrons. The molecule has 0 radical (unpaired) electrons. The van der Waals surface area contributed by atoms with Crippen molar-refractivity contribution in [1.29, 1.82) is 0 Å². The Morgan fingerprint density at radius 3 is 2.38 bits per heavy atom. The third-order valence-corrected chi connectivity index (χ3v) is 3.16. The highest BCUT2D eigenvalue weighted by molar-refractivity contribution is 5.72. The highest BCUT2D eigenvalue weighted by Gasteiger charge is 2.39. The lowest BCUT2D eigenvalue weighted by Gasteiger charge is -2.29. The minimum Gasteiger partial charge on any atom is -0.479 e. The first-order valence-electron chi connectivity index (χ1n) is 4.79. The Kier molecular flexibility index (Phi) is 2.24. The molecule has 0 aromatic rings. The molecular weight excluding hydrogens is 173 g/mol. The van der Waals surface area contributed by atoms with Crippen LogP contribution in [0.1, 0.15) is 25.7 Å². The zero-order valence-corrected chi connectivity index (χ0v) is 7.37. The van der Waals surface area contributed by atoms with Gasteiger partial charge < -0.3 is 10.4 Å². The highest BCUT2D eigenvalue weighted by Crippen LogP contribution is 2.33. The molecule has 13 heavy (non-hydrogen) atoms. The number of nitrogens with one attached hydrogen (secondary N) is 1. The zero-order valence-electron chi connectivity index (χ0n) is 7.37. The van der Waals surface area contributed by atoms with Crippen molar-refractivity contribution in [2.45, 2.75) is 43.9 Å². The van der Waals surface area contributed by atoms with E-state index in [9.17, 15) is 9.18 Å². The van der Waals surface area contributed by atoms with Gasteiger partial charge >= 0.3 is 5.97 Å². The molecule has 2 aliphatic rings. The van der Waals surface area contributed by atoms with Crippen molar-refractivity contribution in [3.63, 3.8) is 0 Å². The number of hydrogen-bond donors (Lipinski definition) is 2. The van der Waals surface area contributed by atoms with Gasteiger partial charge in [0.05, 0.1) is 0 Å². The summed E-state index contributed by atoms with van der Waals surface area (Å²) in [5.41, 5.74) is 0. The number of aliphatic carboxylic acids is 1. The number of piperidine rings is 1. The van der Waals surface area contributed by atoms with Crippen molar-refractivity contribution >= 4 is 5.97 Å². The first kappa shape index (κ1) is 8.94. The van der Waals surface area contributed by atoms with Crippen molar-refractivity contribution < 1.29 is 14.3 Å². The van der Waals surface area contributed by atoms with Crippen LogP contribution in [0.5, 0.6) is 0 Å². The average molecular weight is 187 g/mol. The molecule has 2 fully saturated rings. The number of halogens is 1. The van der Waals surface area contributed by atoms with Crippen LogP contribution in [0.15, 0.2) is 0 Å². The number of alkyl halides is 1. The Hall–Kier alpha value is -0.640. The normalized spacial score (nSPS) is 40.2. The van der Waals surface area contributed by atoms with E-state index in [4.69, 9.17) is 5.11 Å². The summed E-state index contributed by atoms with van der Waals surface area (Å²) in [5, 5.41) is 11.9. The number of hydrogen-bond acceptors (Lipinski definition) is 2. The molecule has 2 aliphatic heterocycles. The SMILES string of the molecule is O=C(O)C(F)C1CC2CCC(C1)N2. The predicted molar refractivity (Wildman–Crippen MR) is 45.2 cm³/mol. The minimum absolute atomic E-state index is 0.267. The topological polar surface area (TPSA) is 49.3 Å². The maximum Gasteiger partial charge on any atom is 0.338 e. The number of carboxylic acids is 1. The minimum atomic E-state index is -1.66. The largest absolute Gasteiger partial charge is 0.479 e. The van der Waals surface area contributed by atoms with Gasteiger partial charge in [0.2, 0.25) is 0 Å². The molecule has 2 rings (SSSR count). The van der Waals surface area contributed by atoms with E-state index in [-0.39, 0.29) is 5.92 Å². The van der Waals surface area contributed by atoms with Crippen LogP contribution in [-0.2, 0) is 4.79 Å². The lowest BCUT2D eigenvalue weighted by molar-refractivity contribution is -0.145. The molecular formula is C9H14FNO2. The molecule has 3 atom stereocenters. The van der Waals surface area contributed by atoms with Crippen LogP contribution in [0.2, 0.25) is 0 Å². The molecule has 0 spiro atoms. The Morgan fingerprint density at radius 1 is 1.38 bits per heavy atom. The van der Waals surface area contributed by atoms with E-state index in [0.29, 0.717) is 24.9 Å². The summed E-state index contributed by atoms with van der Waals surface area (Å²) in [6.07, 6.45) is 1.86. The van der Waals surface area contributed by atoms with Crippen LogP contribution in [0.4, 0.5) is 4.39 Å². The molecule has 0 aliphatic carbocycles. The molecule has 2 N–H and O–H groups in total. The van der Waals surface area contributed by atoms with Gasteiger partial charge in [-0.2, -0.15) is 0 Å².